The topological polar surface area (TPSA) is 84.2 Å². The van der Waals surface area contributed by atoms with Gasteiger partial charge in [0.2, 0.25) is 11.8 Å². The Balaban J connectivity index is 2.56. The normalized spacial score (nSPS) is 12.1. The Hall–Kier alpha value is -1.88. The van der Waals surface area contributed by atoms with Gasteiger partial charge < -0.3 is 16.4 Å². The van der Waals surface area contributed by atoms with E-state index in [0.717, 1.165) is 0 Å². The predicted molar refractivity (Wildman–Crippen MR) is 81.4 cm³/mol. The monoisotopic (exact) mass is 277 g/mol. The third-order valence-corrected chi connectivity index (χ3v) is 2.81. The van der Waals surface area contributed by atoms with Crippen LogP contribution >= 0.6 is 0 Å². The minimum Gasteiger partial charge on any atom is -0.326 e. The van der Waals surface area contributed by atoms with Crippen molar-refractivity contribution in [3.8, 4) is 0 Å². The molecule has 1 atom stereocenters. The van der Waals surface area contributed by atoms with Crippen LogP contribution in [0.5, 0.6) is 0 Å². The molecule has 0 bridgehead atoms. The zero-order chi connectivity index (χ0) is 15.1. The molecule has 0 radical (unpaired) electrons. The predicted octanol–water partition coefficient (Wildman–Crippen LogP) is 2.35. The van der Waals surface area contributed by atoms with Crippen LogP contribution in [-0.4, -0.2) is 17.9 Å². The standard InChI is InChI=1S/C15H23N3O2/c1-4-13(16)15(20)18-12-7-5-11(6-8-12)17-14(19)9-10(2)3/h5-8,10,13H,4,9,16H2,1-3H3,(H,17,19)(H,18,20)/t13-/m1/s1. The summed E-state index contributed by atoms with van der Waals surface area (Å²) in [5, 5.41) is 5.54. The number of hydrogen-bond acceptors (Lipinski definition) is 3. The molecule has 0 aromatic heterocycles. The molecule has 4 N–H and O–H groups in total. The van der Waals surface area contributed by atoms with E-state index in [2.05, 4.69) is 10.6 Å². The SMILES string of the molecule is CC[C@@H](N)C(=O)Nc1ccc(NC(=O)CC(C)C)cc1. The molecule has 1 rings (SSSR count). The molecule has 0 spiro atoms. The van der Waals surface area contributed by atoms with Crippen LogP contribution in [0, 0.1) is 5.92 Å². The second-order valence-electron chi connectivity index (χ2n) is 5.23. The highest BCUT2D eigenvalue weighted by Crippen LogP contribution is 2.14. The molecule has 0 saturated carbocycles. The van der Waals surface area contributed by atoms with E-state index in [1.807, 2.05) is 20.8 Å². The second kappa shape index (κ2) is 7.65. The van der Waals surface area contributed by atoms with Crippen LogP contribution in [0.1, 0.15) is 33.6 Å². The van der Waals surface area contributed by atoms with Gasteiger partial charge in [-0.15, -0.1) is 0 Å². The minimum atomic E-state index is -0.500. The first-order valence-electron chi connectivity index (χ1n) is 6.88. The van der Waals surface area contributed by atoms with Crippen LogP contribution in [0.3, 0.4) is 0 Å². The Morgan fingerprint density at radius 1 is 1.10 bits per heavy atom. The number of anilines is 2. The molecule has 5 heteroatoms. The molecule has 110 valence electrons. The van der Waals surface area contributed by atoms with Crippen LogP contribution in [-0.2, 0) is 9.59 Å². The van der Waals surface area contributed by atoms with Gasteiger partial charge in [0.1, 0.15) is 0 Å². The molecule has 0 heterocycles. The van der Waals surface area contributed by atoms with Gasteiger partial charge in [-0.1, -0.05) is 20.8 Å². The quantitative estimate of drug-likeness (QED) is 0.746. The van der Waals surface area contributed by atoms with E-state index in [0.29, 0.717) is 30.1 Å². The largest absolute Gasteiger partial charge is 0.326 e. The molecule has 20 heavy (non-hydrogen) atoms. The number of benzene rings is 1. The fraction of sp³-hybridized carbons (Fsp3) is 0.467. The van der Waals surface area contributed by atoms with Crippen LogP contribution in [0.4, 0.5) is 11.4 Å². The molecule has 1 aromatic rings. The highest BCUT2D eigenvalue weighted by molar-refractivity contribution is 5.95. The summed E-state index contributed by atoms with van der Waals surface area (Å²) >= 11 is 0. The average molecular weight is 277 g/mol. The molecule has 0 unspecified atom stereocenters. The number of rotatable bonds is 6. The van der Waals surface area contributed by atoms with Crippen LogP contribution in [0.15, 0.2) is 24.3 Å². The van der Waals surface area contributed by atoms with E-state index in [1.165, 1.54) is 0 Å². The highest BCUT2D eigenvalue weighted by atomic mass is 16.2. The summed E-state index contributed by atoms with van der Waals surface area (Å²) in [5.74, 6) is 0.109. The number of nitrogens with two attached hydrogens (primary N) is 1. The number of carbonyl (C=O) groups is 2. The van der Waals surface area contributed by atoms with E-state index in [1.54, 1.807) is 24.3 Å². The van der Waals surface area contributed by atoms with Gasteiger partial charge >= 0.3 is 0 Å². The molecular formula is C15H23N3O2. The molecule has 0 saturated heterocycles. The third-order valence-electron chi connectivity index (χ3n) is 2.81. The van der Waals surface area contributed by atoms with Gasteiger partial charge in [-0.05, 0) is 36.6 Å². The third kappa shape index (κ3) is 5.40. The maximum absolute atomic E-state index is 11.6. The lowest BCUT2D eigenvalue weighted by atomic mass is 10.1. The van der Waals surface area contributed by atoms with Gasteiger partial charge in [-0.3, -0.25) is 9.59 Å². The van der Waals surface area contributed by atoms with Gasteiger partial charge in [-0.25, -0.2) is 0 Å². The maximum atomic E-state index is 11.6. The average Bonchev–Trinajstić information content (AvgIpc) is 2.39. The summed E-state index contributed by atoms with van der Waals surface area (Å²) < 4.78 is 0. The molecule has 2 amide bonds. The Bertz CT molecular complexity index is 455. The van der Waals surface area contributed by atoms with Crippen LogP contribution in [0.2, 0.25) is 0 Å². The highest BCUT2D eigenvalue weighted by Gasteiger charge is 2.11. The summed E-state index contributed by atoms with van der Waals surface area (Å²) in [6.45, 7) is 5.85. The first-order chi connectivity index (χ1) is 9.42. The van der Waals surface area contributed by atoms with E-state index >= 15 is 0 Å². The van der Waals surface area contributed by atoms with Gasteiger partial charge in [-0.2, -0.15) is 0 Å². The van der Waals surface area contributed by atoms with Crippen molar-refractivity contribution in [3.05, 3.63) is 24.3 Å². The molecular weight excluding hydrogens is 254 g/mol. The van der Waals surface area contributed by atoms with E-state index < -0.39 is 6.04 Å². The van der Waals surface area contributed by atoms with Gasteiger partial charge in [0.05, 0.1) is 6.04 Å². The van der Waals surface area contributed by atoms with Crippen LogP contribution < -0.4 is 16.4 Å². The summed E-state index contributed by atoms with van der Waals surface area (Å²) in [6, 6.07) is 6.49. The van der Waals surface area contributed by atoms with E-state index in [4.69, 9.17) is 5.73 Å². The number of hydrogen-bond donors (Lipinski definition) is 3. The lowest BCUT2D eigenvalue weighted by Gasteiger charge is -2.11. The zero-order valence-corrected chi connectivity index (χ0v) is 12.3. The lowest BCUT2D eigenvalue weighted by molar-refractivity contribution is -0.118. The Kier molecular flexibility index (Phi) is 6.18. The summed E-state index contributed by atoms with van der Waals surface area (Å²) in [6.07, 6.45) is 1.08. The van der Waals surface area contributed by atoms with Crippen molar-refractivity contribution in [2.24, 2.45) is 11.7 Å². The van der Waals surface area contributed by atoms with Crippen molar-refractivity contribution in [3.63, 3.8) is 0 Å². The zero-order valence-electron chi connectivity index (χ0n) is 12.3. The van der Waals surface area contributed by atoms with E-state index in [9.17, 15) is 9.59 Å². The van der Waals surface area contributed by atoms with Crippen molar-refractivity contribution in [2.75, 3.05) is 10.6 Å². The number of nitrogens with one attached hydrogen (secondary N) is 2. The first-order valence-corrected chi connectivity index (χ1v) is 6.88. The summed E-state index contributed by atoms with van der Waals surface area (Å²) in [5.41, 5.74) is 7.02. The maximum Gasteiger partial charge on any atom is 0.241 e. The Morgan fingerprint density at radius 3 is 2.05 bits per heavy atom. The van der Waals surface area contributed by atoms with Gasteiger partial charge in [0.25, 0.3) is 0 Å². The lowest BCUT2D eigenvalue weighted by Crippen LogP contribution is -2.34. The number of carbonyl (C=O) groups excluding carboxylic acids is 2. The molecule has 0 aliphatic rings. The van der Waals surface area contributed by atoms with Crippen molar-refractivity contribution in [1.82, 2.24) is 0 Å². The molecule has 0 aliphatic heterocycles. The van der Waals surface area contributed by atoms with Crippen molar-refractivity contribution in [1.29, 1.82) is 0 Å². The molecule has 5 nitrogen and oxygen atoms in total. The molecule has 1 aromatic carbocycles. The second-order valence-corrected chi connectivity index (χ2v) is 5.23. The summed E-state index contributed by atoms with van der Waals surface area (Å²) in [7, 11) is 0. The van der Waals surface area contributed by atoms with Crippen molar-refractivity contribution in [2.45, 2.75) is 39.7 Å². The van der Waals surface area contributed by atoms with Gasteiger partial charge in [0.15, 0.2) is 0 Å². The number of amides is 2. The fourth-order valence-corrected chi connectivity index (χ4v) is 1.64. The van der Waals surface area contributed by atoms with Crippen molar-refractivity contribution >= 4 is 23.2 Å². The first kappa shape index (κ1) is 16.2. The Labute approximate surface area is 119 Å². The smallest absolute Gasteiger partial charge is 0.241 e. The summed E-state index contributed by atoms with van der Waals surface area (Å²) in [4.78, 5) is 23.2. The molecule has 0 aliphatic carbocycles. The van der Waals surface area contributed by atoms with Crippen LogP contribution in [0.25, 0.3) is 0 Å². The molecule has 0 fully saturated rings. The minimum absolute atomic E-state index is 0.00945. The Morgan fingerprint density at radius 2 is 1.60 bits per heavy atom. The van der Waals surface area contributed by atoms with Gasteiger partial charge in [0, 0.05) is 17.8 Å². The fourth-order valence-electron chi connectivity index (χ4n) is 1.64. The van der Waals surface area contributed by atoms with E-state index in [-0.39, 0.29) is 11.8 Å². The van der Waals surface area contributed by atoms with Crippen molar-refractivity contribution < 1.29 is 9.59 Å².